The van der Waals surface area contributed by atoms with Crippen LogP contribution in [0, 0.1) is 0 Å². The Morgan fingerprint density at radius 2 is 2.29 bits per heavy atom. The highest BCUT2D eigenvalue weighted by molar-refractivity contribution is 7.30. The Morgan fingerprint density at radius 1 is 1.59 bits per heavy atom. The molecule has 0 saturated carbocycles. The van der Waals surface area contributed by atoms with E-state index in [9.17, 15) is 13.9 Å². The summed E-state index contributed by atoms with van der Waals surface area (Å²) < 4.78 is 26.7. The van der Waals surface area contributed by atoms with E-state index in [-0.39, 0.29) is 12.4 Å². The summed E-state index contributed by atoms with van der Waals surface area (Å²) in [7, 11) is -2.68. The molecule has 17 heavy (non-hydrogen) atoms. The van der Waals surface area contributed by atoms with Crippen LogP contribution in [0.5, 0.6) is 0 Å². The van der Waals surface area contributed by atoms with Gasteiger partial charge < -0.3 is 15.6 Å². The average molecular weight is 261 g/mol. The monoisotopic (exact) mass is 261 g/mol. The van der Waals surface area contributed by atoms with Crippen LogP contribution in [0.25, 0.3) is 0 Å². The number of anilines is 1. The van der Waals surface area contributed by atoms with Gasteiger partial charge in [0.15, 0.2) is 6.35 Å². The molecule has 0 bridgehead atoms. The van der Waals surface area contributed by atoms with Gasteiger partial charge in [0.25, 0.3) is 0 Å². The third-order valence-electron chi connectivity index (χ3n) is 1.92. The van der Waals surface area contributed by atoms with Crippen molar-refractivity contribution in [2.75, 3.05) is 18.7 Å². The number of nitrogen functional groups attached to an aromatic ring is 1. The van der Waals surface area contributed by atoms with Crippen LogP contribution in [0.3, 0.4) is 0 Å². The van der Waals surface area contributed by atoms with Crippen molar-refractivity contribution in [3.63, 3.8) is 0 Å². The van der Waals surface area contributed by atoms with Crippen molar-refractivity contribution in [3.05, 3.63) is 22.7 Å². The molecular formula is C8H12N3O5P. The summed E-state index contributed by atoms with van der Waals surface area (Å²) in [6.07, 6.45) is 0.108. The zero-order valence-electron chi connectivity index (χ0n) is 8.85. The van der Waals surface area contributed by atoms with Crippen LogP contribution in [0.4, 0.5) is 5.82 Å². The lowest BCUT2D eigenvalue weighted by molar-refractivity contribution is 0.0249. The summed E-state index contributed by atoms with van der Waals surface area (Å²) >= 11 is 0. The molecule has 1 rings (SSSR count). The van der Waals surface area contributed by atoms with Crippen LogP contribution in [0.1, 0.15) is 0 Å². The number of aromatic nitrogens is 2. The van der Waals surface area contributed by atoms with Gasteiger partial charge in [0.1, 0.15) is 5.82 Å². The Bertz CT molecular complexity index is 490. The fourth-order valence-electron chi connectivity index (χ4n) is 1.13. The standard InChI is InChI=1S/C8H12N3O5P/c9-7-1-2-11(8(13)10-7)3-6(4-12)16-5-17(14)15/h1-2,6,12H,3-5H2,(H2,9,10,13). The molecule has 3 N–H and O–H groups in total. The van der Waals surface area contributed by atoms with Crippen LogP contribution in [0.2, 0.25) is 0 Å². The molecule has 1 atom stereocenters. The maximum Gasteiger partial charge on any atom is 0.349 e. The van der Waals surface area contributed by atoms with E-state index in [1.165, 1.54) is 16.8 Å². The van der Waals surface area contributed by atoms with Crippen molar-refractivity contribution < 1.29 is 19.0 Å². The smallest absolute Gasteiger partial charge is 0.349 e. The van der Waals surface area contributed by atoms with Gasteiger partial charge in [0.05, 0.1) is 19.3 Å². The number of ether oxygens (including phenoxy) is 1. The lowest BCUT2D eigenvalue weighted by Gasteiger charge is -2.14. The lowest BCUT2D eigenvalue weighted by Crippen LogP contribution is -2.31. The second-order valence-electron chi connectivity index (χ2n) is 3.22. The average Bonchev–Trinajstić information content (AvgIpc) is 2.26. The van der Waals surface area contributed by atoms with Crippen molar-refractivity contribution in [1.29, 1.82) is 0 Å². The molecule has 9 heteroatoms. The minimum absolute atomic E-state index is 0.00574. The van der Waals surface area contributed by atoms with Crippen LogP contribution < -0.4 is 11.4 Å². The third kappa shape index (κ3) is 4.48. The van der Waals surface area contributed by atoms with Gasteiger partial charge in [-0.2, -0.15) is 4.98 Å². The summed E-state index contributed by atoms with van der Waals surface area (Å²) in [6.45, 7) is -0.397. The zero-order chi connectivity index (χ0) is 12.8. The van der Waals surface area contributed by atoms with Crippen molar-refractivity contribution >= 4 is 13.5 Å². The predicted octanol–water partition coefficient (Wildman–Crippen LogP) is -0.667. The van der Waals surface area contributed by atoms with Gasteiger partial charge in [-0.3, -0.25) is 4.57 Å². The van der Waals surface area contributed by atoms with Gasteiger partial charge >= 0.3 is 13.4 Å². The number of rotatable bonds is 6. The summed E-state index contributed by atoms with van der Waals surface area (Å²) in [5.74, 6) is 0.0929. The number of nitrogens with zero attached hydrogens (tertiary/aromatic N) is 2. The summed E-state index contributed by atoms with van der Waals surface area (Å²) in [5.41, 5.74) is 4.72. The molecule has 1 unspecified atom stereocenters. The highest BCUT2D eigenvalue weighted by atomic mass is 31.1. The fraction of sp³-hybridized carbons (Fsp3) is 0.500. The molecule has 0 aromatic carbocycles. The zero-order valence-corrected chi connectivity index (χ0v) is 9.75. The van der Waals surface area contributed by atoms with Gasteiger partial charge in [-0.1, -0.05) is 0 Å². The van der Waals surface area contributed by atoms with Gasteiger partial charge in [-0.05, 0) is 6.07 Å². The highest BCUT2D eigenvalue weighted by Gasteiger charge is 2.11. The molecule has 0 aliphatic heterocycles. The van der Waals surface area contributed by atoms with E-state index >= 15 is 0 Å². The Balaban J connectivity index is 2.70. The van der Waals surface area contributed by atoms with Gasteiger partial charge in [0, 0.05) is 6.20 Å². The Kier molecular flexibility index (Phi) is 5.02. The fourth-order valence-corrected chi connectivity index (χ4v) is 1.46. The molecule has 0 fully saturated rings. The molecule has 0 saturated heterocycles. The molecule has 0 amide bonds. The van der Waals surface area contributed by atoms with E-state index in [1.54, 1.807) is 0 Å². The maximum absolute atomic E-state index is 11.3. The first-order valence-electron chi connectivity index (χ1n) is 4.70. The molecule has 0 aliphatic carbocycles. The van der Waals surface area contributed by atoms with Crippen LogP contribution in [-0.4, -0.2) is 33.7 Å². The Morgan fingerprint density at radius 3 is 2.82 bits per heavy atom. The number of hydrogen-bond acceptors (Lipinski definition) is 7. The summed E-state index contributed by atoms with van der Waals surface area (Å²) in [5, 5.41) is 8.96. The lowest BCUT2D eigenvalue weighted by atomic mass is 10.3. The number of hydrogen-bond donors (Lipinski definition) is 2. The topological polar surface area (TPSA) is 125 Å². The third-order valence-corrected chi connectivity index (χ3v) is 2.28. The van der Waals surface area contributed by atoms with Crippen LogP contribution >= 0.6 is 7.68 Å². The van der Waals surface area contributed by atoms with E-state index in [0.717, 1.165) is 0 Å². The van der Waals surface area contributed by atoms with E-state index in [0.29, 0.717) is 0 Å². The van der Waals surface area contributed by atoms with Gasteiger partial charge in [0.2, 0.25) is 0 Å². The number of nitrogens with two attached hydrogens (primary N) is 1. The Labute approximate surface area is 96.9 Å². The second kappa shape index (κ2) is 6.29. The van der Waals surface area contributed by atoms with E-state index in [1.807, 2.05) is 0 Å². The number of aliphatic hydroxyl groups excluding tert-OH is 1. The van der Waals surface area contributed by atoms with Crippen molar-refractivity contribution in [2.24, 2.45) is 0 Å². The molecule has 1 heterocycles. The maximum atomic E-state index is 11.3. The number of aliphatic hydroxyl groups is 1. The SMILES string of the molecule is Nc1ccn(CC(CO)OCP(=O)=O)c(=O)n1. The van der Waals surface area contributed by atoms with Crippen molar-refractivity contribution in [1.82, 2.24) is 9.55 Å². The molecular weight excluding hydrogens is 249 g/mol. The van der Waals surface area contributed by atoms with Gasteiger partial charge in [-0.25, -0.2) is 13.9 Å². The minimum atomic E-state index is -2.68. The molecule has 8 nitrogen and oxygen atoms in total. The van der Waals surface area contributed by atoms with E-state index in [4.69, 9.17) is 15.6 Å². The minimum Gasteiger partial charge on any atom is -0.394 e. The van der Waals surface area contributed by atoms with E-state index < -0.39 is 32.4 Å². The highest BCUT2D eigenvalue weighted by Crippen LogP contribution is 2.06. The molecule has 1 aromatic heterocycles. The predicted molar refractivity (Wildman–Crippen MR) is 58.0 cm³/mol. The van der Waals surface area contributed by atoms with Crippen molar-refractivity contribution in [2.45, 2.75) is 12.6 Å². The van der Waals surface area contributed by atoms with Crippen LogP contribution in [0.15, 0.2) is 17.1 Å². The second-order valence-corrected chi connectivity index (χ2v) is 4.14. The molecule has 0 spiro atoms. The van der Waals surface area contributed by atoms with Crippen LogP contribution in [-0.2, 0) is 20.4 Å². The molecule has 0 radical (unpaired) electrons. The largest absolute Gasteiger partial charge is 0.394 e. The van der Waals surface area contributed by atoms with Crippen molar-refractivity contribution in [3.8, 4) is 0 Å². The first-order valence-corrected chi connectivity index (χ1v) is 6.06. The summed E-state index contributed by atoms with van der Waals surface area (Å²) in [6, 6.07) is 1.42. The molecule has 94 valence electrons. The normalized spacial score (nSPS) is 12.3. The van der Waals surface area contributed by atoms with E-state index in [2.05, 4.69) is 4.98 Å². The van der Waals surface area contributed by atoms with Gasteiger partial charge in [-0.15, -0.1) is 0 Å². The first kappa shape index (κ1) is 13.6. The first-order chi connectivity index (χ1) is 8.02. The molecule has 1 aromatic rings. The summed E-state index contributed by atoms with van der Waals surface area (Å²) in [4.78, 5) is 14.8. The Hall–Kier alpha value is -1.50. The quantitative estimate of drug-likeness (QED) is 0.650. The molecule has 0 aliphatic rings.